The van der Waals surface area contributed by atoms with E-state index in [2.05, 4.69) is 15.0 Å². The molecular weight excluding hydrogens is 444 g/mol. The van der Waals surface area contributed by atoms with Gasteiger partial charge in [0.2, 0.25) is 5.91 Å². The van der Waals surface area contributed by atoms with Gasteiger partial charge in [0.25, 0.3) is 0 Å². The van der Waals surface area contributed by atoms with Crippen molar-refractivity contribution in [2.24, 2.45) is 15.9 Å². The zero-order valence-corrected chi connectivity index (χ0v) is 19.4. The summed E-state index contributed by atoms with van der Waals surface area (Å²) in [6.45, 7) is 2.76. The van der Waals surface area contributed by atoms with Gasteiger partial charge in [-0.3, -0.25) is 4.79 Å². The first-order valence-electron chi connectivity index (χ1n) is 12.2. The molecule has 0 aliphatic carbocycles. The van der Waals surface area contributed by atoms with E-state index in [9.17, 15) is 9.90 Å². The maximum atomic E-state index is 12.9. The van der Waals surface area contributed by atoms with Gasteiger partial charge in [0.05, 0.1) is 21.9 Å². The van der Waals surface area contributed by atoms with E-state index in [1.54, 1.807) is 6.34 Å². The second-order valence-corrected chi connectivity index (χ2v) is 9.36. The molecule has 3 aliphatic heterocycles. The van der Waals surface area contributed by atoms with Crippen LogP contribution in [0.3, 0.4) is 0 Å². The molecule has 180 valence electrons. The predicted octanol–water partition coefficient (Wildman–Crippen LogP) is 2.79. The van der Waals surface area contributed by atoms with Crippen LogP contribution in [0.4, 0.5) is 5.69 Å². The molecule has 0 saturated carbocycles. The number of piperidine rings is 1. The molecule has 0 spiro atoms. The average Bonchev–Trinajstić information content (AvgIpc) is 3.49. The zero-order valence-electron chi connectivity index (χ0n) is 19.4. The normalized spacial score (nSPS) is 19.2. The van der Waals surface area contributed by atoms with Gasteiger partial charge in [-0.15, -0.1) is 0 Å². The van der Waals surface area contributed by atoms with Gasteiger partial charge in [-0.1, -0.05) is 12.1 Å². The molecule has 1 aromatic heterocycles. The summed E-state index contributed by atoms with van der Waals surface area (Å²) in [5.41, 5.74) is 2.31. The van der Waals surface area contributed by atoms with Gasteiger partial charge in [0.1, 0.15) is 18.2 Å². The Morgan fingerprint density at radius 1 is 1.14 bits per heavy atom. The van der Waals surface area contributed by atoms with Gasteiger partial charge in [-0.25, -0.2) is 9.98 Å². The van der Waals surface area contributed by atoms with E-state index in [-0.39, 0.29) is 23.8 Å². The number of hydrogen-bond donors (Lipinski definition) is 2. The largest absolute Gasteiger partial charge is 0.494 e. The Morgan fingerprint density at radius 3 is 2.80 bits per heavy atom. The average molecular weight is 473 g/mol. The second kappa shape index (κ2) is 9.19. The fourth-order valence-corrected chi connectivity index (χ4v) is 5.20. The minimum absolute atomic E-state index is 0.0141. The first kappa shape index (κ1) is 21.9. The molecule has 2 N–H and O–H groups in total. The molecular formula is C27H28N4O4. The lowest BCUT2D eigenvalue weighted by Crippen LogP contribution is -2.45. The molecule has 2 fully saturated rings. The Kier molecular flexibility index (Phi) is 5.74. The third kappa shape index (κ3) is 4.30. The quantitative estimate of drug-likeness (QED) is 0.610. The SMILES string of the molecule is O=C(C1CCOCC1)N1CCC(Oc2cccc3[nH]c(O)c(/C=c4\ccc5c(c4)N=CN=5)c23)CC1. The van der Waals surface area contributed by atoms with E-state index >= 15 is 0 Å². The molecule has 8 heteroatoms. The summed E-state index contributed by atoms with van der Waals surface area (Å²) in [4.78, 5) is 26.4. The summed E-state index contributed by atoms with van der Waals surface area (Å²) in [5, 5.41) is 13.3. The highest BCUT2D eigenvalue weighted by Gasteiger charge is 2.30. The van der Waals surface area contributed by atoms with E-state index in [1.807, 2.05) is 47.4 Å². The third-order valence-electron chi connectivity index (χ3n) is 7.13. The highest BCUT2D eigenvalue weighted by atomic mass is 16.5. The van der Waals surface area contributed by atoms with Crippen LogP contribution in [0.1, 0.15) is 31.2 Å². The summed E-state index contributed by atoms with van der Waals surface area (Å²) < 4.78 is 11.9. The van der Waals surface area contributed by atoms with E-state index in [0.29, 0.717) is 31.9 Å². The first-order valence-corrected chi connectivity index (χ1v) is 12.2. The minimum Gasteiger partial charge on any atom is -0.494 e. The number of H-pyrrole nitrogens is 1. The Labute approximate surface area is 202 Å². The van der Waals surface area contributed by atoms with Crippen molar-refractivity contribution in [2.45, 2.75) is 31.8 Å². The third-order valence-corrected chi connectivity index (χ3v) is 7.13. The van der Waals surface area contributed by atoms with Crippen LogP contribution < -0.4 is 15.3 Å². The highest BCUT2D eigenvalue weighted by molar-refractivity contribution is 5.96. The van der Waals surface area contributed by atoms with Crippen molar-refractivity contribution in [3.05, 3.63) is 52.5 Å². The molecule has 0 radical (unpaired) electrons. The smallest absolute Gasteiger partial charge is 0.225 e. The van der Waals surface area contributed by atoms with Crippen LogP contribution in [-0.4, -0.2) is 59.6 Å². The first-order chi connectivity index (χ1) is 17.2. The second-order valence-electron chi connectivity index (χ2n) is 9.36. The lowest BCUT2D eigenvalue weighted by atomic mass is 9.97. The van der Waals surface area contributed by atoms with Crippen LogP contribution in [-0.2, 0) is 9.53 Å². The monoisotopic (exact) mass is 472 g/mol. The van der Waals surface area contributed by atoms with E-state index in [0.717, 1.165) is 58.6 Å². The maximum Gasteiger partial charge on any atom is 0.225 e. The van der Waals surface area contributed by atoms with Crippen molar-refractivity contribution < 1.29 is 19.4 Å². The summed E-state index contributed by atoms with van der Waals surface area (Å²) >= 11 is 0. The Balaban J connectivity index is 1.22. The van der Waals surface area contributed by atoms with Crippen LogP contribution in [0.5, 0.6) is 11.6 Å². The van der Waals surface area contributed by atoms with Crippen LogP contribution in [0.15, 0.2) is 46.4 Å². The number of aromatic amines is 1. The molecule has 4 heterocycles. The number of aromatic nitrogens is 1. The van der Waals surface area contributed by atoms with Crippen molar-refractivity contribution in [1.29, 1.82) is 0 Å². The van der Waals surface area contributed by atoms with Gasteiger partial charge in [0, 0.05) is 50.6 Å². The molecule has 0 unspecified atom stereocenters. The molecule has 1 amide bonds. The molecule has 0 bridgehead atoms. The molecule has 8 nitrogen and oxygen atoms in total. The number of nitrogens with zero attached hydrogens (tertiary/aromatic N) is 3. The number of benzene rings is 2. The Hall–Kier alpha value is -3.65. The van der Waals surface area contributed by atoms with Crippen molar-refractivity contribution in [3.8, 4) is 11.6 Å². The highest BCUT2D eigenvalue weighted by Crippen LogP contribution is 2.36. The van der Waals surface area contributed by atoms with Gasteiger partial charge < -0.3 is 24.5 Å². The fraction of sp³-hybridized carbons (Fsp3) is 0.370. The number of carbonyl (C=O) groups excluding carboxylic acids is 1. The van der Waals surface area contributed by atoms with Crippen molar-refractivity contribution in [1.82, 2.24) is 9.88 Å². The molecule has 3 aromatic rings. The predicted molar refractivity (Wildman–Crippen MR) is 133 cm³/mol. The van der Waals surface area contributed by atoms with E-state index < -0.39 is 0 Å². The number of aliphatic imine (C=N–C) groups is 1. The standard InChI is InChI=1S/C27H28N4O4/c32-26-20(14-17-4-5-21-23(15-17)29-16-28-21)25-22(30-26)2-1-3-24(25)35-19-6-10-31(11-7-19)27(33)18-8-12-34-13-9-18/h1-5,14-16,18-19,30,32H,6-13H2/b17-14+. The number of nitrogens with one attached hydrogen (secondary N) is 1. The topological polar surface area (TPSA) is 99.5 Å². The van der Waals surface area contributed by atoms with Gasteiger partial charge in [0.15, 0.2) is 5.88 Å². The lowest BCUT2D eigenvalue weighted by molar-refractivity contribution is -0.140. The number of aromatic hydroxyl groups is 1. The Bertz CT molecular complexity index is 1410. The fourth-order valence-electron chi connectivity index (χ4n) is 5.20. The van der Waals surface area contributed by atoms with Crippen LogP contribution in [0.25, 0.3) is 17.0 Å². The van der Waals surface area contributed by atoms with E-state index in [4.69, 9.17) is 9.47 Å². The molecule has 2 saturated heterocycles. The van der Waals surface area contributed by atoms with Crippen molar-refractivity contribution in [3.63, 3.8) is 0 Å². The summed E-state index contributed by atoms with van der Waals surface area (Å²) in [6, 6.07) is 11.6. The number of fused-ring (bicyclic) bond motifs is 2. The summed E-state index contributed by atoms with van der Waals surface area (Å²) in [5.74, 6) is 1.18. The van der Waals surface area contributed by atoms with E-state index in [1.165, 1.54) is 0 Å². The molecule has 35 heavy (non-hydrogen) atoms. The van der Waals surface area contributed by atoms with Gasteiger partial charge >= 0.3 is 0 Å². The van der Waals surface area contributed by atoms with Crippen LogP contribution >= 0.6 is 0 Å². The van der Waals surface area contributed by atoms with Gasteiger partial charge in [-0.05, 0) is 48.4 Å². The number of amides is 1. The molecule has 2 aromatic carbocycles. The number of carbonyl (C=O) groups is 1. The van der Waals surface area contributed by atoms with Crippen LogP contribution in [0, 0.1) is 5.92 Å². The number of rotatable bonds is 4. The van der Waals surface area contributed by atoms with Gasteiger partial charge in [-0.2, -0.15) is 0 Å². The summed E-state index contributed by atoms with van der Waals surface area (Å²) in [7, 11) is 0. The number of hydrogen-bond acceptors (Lipinski definition) is 6. The lowest BCUT2D eigenvalue weighted by Gasteiger charge is -2.35. The number of likely N-dealkylation sites (tertiary alicyclic amines) is 1. The van der Waals surface area contributed by atoms with Crippen LogP contribution in [0.2, 0.25) is 0 Å². The number of ether oxygens (including phenoxy) is 2. The molecule has 6 rings (SSSR count). The molecule has 0 atom stereocenters. The molecule has 3 aliphatic rings. The van der Waals surface area contributed by atoms with Crippen molar-refractivity contribution >= 4 is 34.9 Å². The van der Waals surface area contributed by atoms with Crippen molar-refractivity contribution in [2.75, 3.05) is 26.3 Å². The summed E-state index contributed by atoms with van der Waals surface area (Å²) in [6.07, 6.45) is 6.70. The Morgan fingerprint density at radius 2 is 1.97 bits per heavy atom. The minimum atomic E-state index is 0.0141. The maximum absolute atomic E-state index is 12.9. The zero-order chi connectivity index (χ0) is 23.8.